The molecular formula is C14H20N4O. The Hall–Kier alpha value is -1.75. The second-order valence-electron chi connectivity index (χ2n) is 5.21. The fraction of sp³-hybridized carbons (Fsp3) is 0.500. The van der Waals surface area contributed by atoms with Crippen LogP contribution in [0.4, 0.5) is 0 Å². The summed E-state index contributed by atoms with van der Waals surface area (Å²) >= 11 is 0. The molecule has 2 rings (SSSR count). The Kier molecular flexibility index (Phi) is 4.27. The minimum absolute atomic E-state index is 0.123. The molecule has 0 aliphatic heterocycles. The molecule has 0 fully saturated rings. The molecule has 0 radical (unpaired) electrons. The van der Waals surface area contributed by atoms with Crippen LogP contribution in [0.3, 0.4) is 0 Å². The predicted molar refractivity (Wildman–Crippen MR) is 73.5 cm³/mol. The molecule has 5 nitrogen and oxygen atoms in total. The number of nitrogens with zero attached hydrogens (tertiary/aromatic N) is 3. The normalized spacial score (nSPS) is 12.9. The molecule has 0 spiro atoms. The summed E-state index contributed by atoms with van der Waals surface area (Å²) in [5.41, 5.74) is 7.77. The number of hydrogen-bond acceptors (Lipinski definition) is 5. The zero-order valence-corrected chi connectivity index (χ0v) is 11.6. The molecule has 2 aromatic heterocycles. The summed E-state index contributed by atoms with van der Waals surface area (Å²) in [4.78, 5) is 8.57. The Balaban J connectivity index is 2.26. The van der Waals surface area contributed by atoms with Crippen molar-refractivity contribution >= 4 is 0 Å². The lowest BCUT2D eigenvalue weighted by atomic mass is 9.97. The Bertz CT molecular complexity index is 536. The van der Waals surface area contributed by atoms with Crippen LogP contribution in [0.25, 0.3) is 11.4 Å². The van der Waals surface area contributed by atoms with Crippen molar-refractivity contribution in [3.8, 4) is 11.4 Å². The van der Waals surface area contributed by atoms with Gasteiger partial charge < -0.3 is 10.3 Å². The summed E-state index contributed by atoms with van der Waals surface area (Å²) < 4.78 is 5.36. The highest BCUT2D eigenvalue weighted by atomic mass is 16.5. The highest BCUT2D eigenvalue weighted by molar-refractivity contribution is 5.57. The molecule has 2 heterocycles. The standard InChI is InChI=1S/C14H20N4O/c1-9(2)6-11(7-15)14-17-13(18-19-14)12-8-16-5-4-10(12)3/h4-5,8-9,11H,6-7,15H2,1-3H3. The third-order valence-corrected chi connectivity index (χ3v) is 3.11. The molecule has 2 aromatic rings. The lowest BCUT2D eigenvalue weighted by molar-refractivity contribution is 0.335. The van der Waals surface area contributed by atoms with E-state index in [1.165, 1.54) is 0 Å². The lowest BCUT2D eigenvalue weighted by Gasteiger charge is -2.11. The van der Waals surface area contributed by atoms with Crippen molar-refractivity contribution in [3.05, 3.63) is 29.9 Å². The van der Waals surface area contributed by atoms with E-state index in [0.29, 0.717) is 24.2 Å². The van der Waals surface area contributed by atoms with E-state index in [-0.39, 0.29) is 5.92 Å². The number of nitrogens with two attached hydrogens (primary N) is 1. The third kappa shape index (κ3) is 3.17. The van der Waals surface area contributed by atoms with Gasteiger partial charge in [0.25, 0.3) is 0 Å². The van der Waals surface area contributed by atoms with Gasteiger partial charge in [0.15, 0.2) is 0 Å². The van der Waals surface area contributed by atoms with Crippen molar-refractivity contribution in [1.29, 1.82) is 0 Å². The summed E-state index contributed by atoms with van der Waals surface area (Å²) in [5.74, 6) is 1.87. The van der Waals surface area contributed by atoms with E-state index in [1.54, 1.807) is 12.4 Å². The number of aryl methyl sites for hydroxylation is 1. The minimum atomic E-state index is 0.123. The molecule has 0 saturated carbocycles. The van der Waals surface area contributed by atoms with Crippen LogP contribution in [0, 0.1) is 12.8 Å². The van der Waals surface area contributed by atoms with Gasteiger partial charge >= 0.3 is 0 Å². The fourth-order valence-corrected chi connectivity index (χ4v) is 2.08. The number of pyridine rings is 1. The SMILES string of the molecule is Cc1ccncc1-c1noc(C(CN)CC(C)C)n1. The van der Waals surface area contributed by atoms with E-state index in [4.69, 9.17) is 10.3 Å². The van der Waals surface area contributed by atoms with Crippen LogP contribution in [0.2, 0.25) is 0 Å². The first-order valence-electron chi connectivity index (χ1n) is 6.56. The van der Waals surface area contributed by atoms with Crippen LogP contribution >= 0.6 is 0 Å². The first kappa shape index (κ1) is 13.7. The van der Waals surface area contributed by atoms with E-state index in [1.807, 2.05) is 13.0 Å². The zero-order chi connectivity index (χ0) is 13.8. The van der Waals surface area contributed by atoms with Crippen molar-refractivity contribution in [3.63, 3.8) is 0 Å². The van der Waals surface area contributed by atoms with Crippen LogP contribution < -0.4 is 5.73 Å². The molecule has 5 heteroatoms. The van der Waals surface area contributed by atoms with Gasteiger partial charge in [0, 0.05) is 24.5 Å². The smallest absolute Gasteiger partial charge is 0.231 e. The van der Waals surface area contributed by atoms with Crippen molar-refractivity contribution < 1.29 is 4.52 Å². The first-order chi connectivity index (χ1) is 9.11. The second kappa shape index (κ2) is 5.93. The van der Waals surface area contributed by atoms with Crippen LogP contribution in [0.15, 0.2) is 23.0 Å². The fourth-order valence-electron chi connectivity index (χ4n) is 2.08. The first-order valence-corrected chi connectivity index (χ1v) is 6.56. The molecule has 0 aliphatic rings. The molecule has 0 saturated heterocycles. The van der Waals surface area contributed by atoms with Gasteiger partial charge in [0.1, 0.15) is 0 Å². The predicted octanol–water partition coefficient (Wildman–Crippen LogP) is 2.53. The molecule has 1 unspecified atom stereocenters. The van der Waals surface area contributed by atoms with Gasteiger partial charge in [0.2, 0.25) is 11.7 Å². The summed E-state index contributed by atoms with van der Waals surface area (Å²) in [6.07, 6.45) is 4.45. The monoisotopic (exact) mass is 260 g/mol. The maximum atomic E-state index is 5.79. The van der Waals surface area contributed by atoms with Gasteiger partial charge in [-0.05, 0) is 30.9 Å². The largest absolute Gasteiger partial charge is 0.339 e. The minimum Gasteiger partial charge on any atom is -0.339 e. The maximum Gasteiger partial charge on any atom is 0.231 e. The maximum absolute atomic E-state index is 5.79. The summed E-state index contributed by atoms with van der Waals surface area (Å²) in [6, 6.07) is 1.93. The average Bonchev–Trinajstić information content (AvgIpc) is 2.85. The molecule has 19 heavy (non-hydrogen) atoms. The van der Waals surface area contributed by atoms with E-state index < -0.39 is 0 Å². The topological polar surface area (TPSA) is 77.8 Å². The van der Waals surface area contributed by atoms with E-state index in [2.05, 4.69) is 29.0 Å². The number of rotatable bonds is 5. The number of hydrogen-bond donors (Lipinski definition) is 1. The average molecular weight is 260 g/mol. The van der Waals surface area contributed by atoms with Crippen LogP contribution in [-0.4, -0.2) is 21.7 Å². The summed E-state index contributed by atoms with van der Waals surface area (Å²) in [7, 11) is 0. The molecule has 0 amide bonds. The zero-order valence-electron chi connectivity index (χ0n) is 11.6. The van der Waals surface area contributed by atoms with Crippen LogP contribution in [0.1, 0.15) is 37.6 Å². The van der Waals surface area contributed by atoms with Gasteiger partial charge in [-0.2, -0.15) is 4.98 Å². The Morgan fingerprint density at radius 2 is 2.16 bits per heavy atom. The van der Waals surface area contributed by atoms with Crippen LogP contribution in [0.5, 0.6) is 0 Å². The quantitative estimate of drug-likeness (QED) is 0.893. The lowest BCUT2D eigenvalue weighted by Crippen LogP contribution is -2.15. The van der Waals surface area contributed by atoms with E-state index in [0.717, 1.165) is 17.5 Å². The Morgan fingerprint density at radius 1 is 1.37 bits per heavy atom. The van der Waals surface area contributed by atoms with Gasteiger partial charge in [-0.25, -0.2) is 0 Å². The van der Waals surface area contributed by atoms with E-state index >= 15 is 0 Å². The van der Waals surface area contributed by atoms with Gasteiger partial charge in [-0.15, -0.1) is 0 Å². The van der Waals surface area contributed by atoms with Gasteiger partial charge in [-0.1, -0.05) is 19.0 Å². The summed E-state index contributed by atoms with van der Waals surface area (Å²) in [6.45, 7) is 6.84. The highest BCUT2D eigenvalue weighted by Crippen LogP contribution is 2.25. The van der Waals surface area contributed by atoms with Crippen molar-refractivity contribution in [2.24, 2.45) is 11.7 Å². The van der Waals surface area contributed by atoms with Gasteiger partial charge in [0.05, 0.1) is 5.92 Å². The summed E-state index contributed by atoms with van der Waals surface area (Å²) in [5, 5.41) is 4.04. The molecule has 0 bridgehead atoms. The molecule has 0 aromatic carbocycles. The molecule has 0 aliphatic carbocycles. The molecule has 2 N–H and O–H groups in total. The van der Waals surface area contributed by atoms with Gasteiger partial charge in [-0.3, -0.25) is 4.98 Å². The van der Waals surface area contributed by atoms with Crippen molar-refractivity contribution in [1.82, 2.24) is 15.1 Å². The van der Waals surface area contributed by atoms with Crippen LogP contribution in [-0.2, 0) is 0 Å². The third-order valence-electron chi connectivity index (χ3n) is 3.11. The van der Waals surface area contributed by atoms with Crippen molar-refractivity contribution in [2.75, 3.05) is 6.54 Å². The Labute approximate surface area is 113 Å². The molecule has 102 valence electrons. The second-order valence-corrected chi connectivity index (χ2v) is 5.21. The molecule has 1 atom stereocenters. The van der Waals surface area contributed by atoms with Crippen molar-refractivity contribution in [2.45, 2.75) is 33.1 Å². The number of aromatic nitrogens is 3. The van der Waals surface area contributed by atoms with E-state index in [9.17, 15) is 0 Å². The Morgan fingerprint density at radius 3 is 2.79 bits per heavy atom. The molecular weight excluding hydrogens is 240 g/mol. The highest BCUT2D eigenvalue weighted by Gasteiger charge is 2.20.